The molecule has 3 aromatic rings. The number of benzene rings is 1. The number of halogens is 1. The first-order chi connectivity index (χ1) is 12.6. The third-order valence-corrected chi connectivity index (χ3v) is 4.06. The molecule has 2 heterocycles. The Hall–Kier alpha value is -3.33. The number of carbonyl (C=O) groups excluding carboxylic acids is 2. The molecule has 0 unspecified atom stereocenters. The first-order valence-corrected chi connectivity index (χ1v) is 8.32. The van der Waals surface area contributed by atoms with Gasteiger partial charge in [0.2, 0.25) is 5.91 Å². The van der Waals surface area contributed by atoms with Gasteiger partial charge in [0.15, 0.2) is 10.9 Å². The molecule has 2 amide bonds. The Morgan fingerprint density at radius 3 is 2.81 bits per heavy atom. The summed E-state index contributed by atoms with van der Waals surface area (Å²) in [6.45, 7) is 1.32. The van der Waals surface area contributed by atoms with Gasteiger partial charge < -0.3 is 4.42 Å². The number of para-hydroxylation sites is 1. The Kier molecular flexibility index (Phi) is 5.18. The highest BCUT2D eigenvalue weighted by molar-refractivity contribution is 7.14. The van der Waals surface area contributed by atoms with E-state index in [2.05, 4.69) is 15.5 Å². The molecule has 9 heteroatoms. The molecule has 0 saturated heterocycles. The predicted octanol–water partition coefficient (Wildman–Crippen LogP) is 3.32. The average molecular weight is 372 g/mol. The lowest BCUT2D eigenvalue weighted by atomic mass is 10.3. The molecule has 0 spiro atoms. The summed E-state index contributed by atoms with van der Waals surface area (Å²) < 4.78 is 19.0. The summed E-state index contributed by atoms with van der Waals surface area (Å²) in [5.41, 5.74) is 2.82. The number of thiazole rings is 1. The zero-order valence-corrected chi connectivity index (χ0v) is 14.4. The van der Waals surface area contributed by atoms with E-state index in [1.807, 2.05) is 0 Å². The molecule has 0 radical (unpaired) electrons. The maximum Gasteiger partial charge on any atom is 0.307 e. The van der Waals surface area contributed by atoms with Crippen molar-refractivity contribution in [3.05, 3.63) is 65.3 Å². The van der Waals surface area contributed by atoms with Crippen LogP contribution in [0.4, 0.5) is 15.2 Å². The number of nitrogens with one attached hydrogen (secondary N) is 1. The van der Waals surface area contributed by atoms with Crippen molar-refractivity contribution >= 4 is 40.2 Å². The van der Waals surface area contributed by atoms with Crippen LogP contribution in [-0.2, 0) is 4.79 Å². The minimum Gasteiger partial charge on any atom is -0.459 e. The number of nitrogens with zero attached hydrogens (tertiary/aromatic N) is 3. The number of furan rings is 1. The fourth-order valence-electron chi connectivity index (χ4n) is 2.10. The molecule has 132 valence electrons. The van der Waals surface area contributed by atoms with Crippen LogP contribution in [0.15, 0.2) is 57.6 Å². The topological polar surface area (TPSA) is 87.8 Å². The van der Waals surface area contributed by atoms with Gasteiger partial charge in [-0.05, 0) is 24.3 Å². The molecule has 1 aromatic carbocycles. The van der Waals surface area contributed by atoms with E-state index in [1.165, 1.54) is 42.5 Å². The second-order valence-electron chi connectivity index (χ2n) is 5.04. The standard InChI is InChI=1S/C17H13FN4O3S/c1-11(23)22(14-6-3-2-5-13(14)18)17-20-12(10-26-17)9-19-21-16(24)15-7-4-8-25-15/h2-10H,1H3,(H,21,24)/b19-9-. The van der Waals surface area contributed by atoms with Gasteiger partial charge in [-0.25, -0.2) is 14.8 Å². The predicted molar refractivity (Wildman–Crippen MR) is 95.1 cm³/mol. The molecular formula is C17H13FN4O3S. The first-order valence-electron chi connectivity index (χ1n) is 7.44. The molecule has 0 aliphatic carbocycles. The maximum absolute atomic E-state index is 14.0. The third kappa shape index (κ3) is 3.83. The van der Waals surface area contributed by atoms with Crippen LogP contribution in [0.1, 0.15) is 23.2 Å². The first kappa shape index (κ1) is 17.5. The van der Waals surface area contributed by atoms with E-state index >= 15 is 0 Å². The number of hydrogen-bond donors (Lipinski definition) is 1. The van der Waals surface area contributed by atoms with Gasteiger partial charge >= 0.3 is 5.91 Å². The van der Waals surface area contributed by atoms with E-state index in [0.29, 0.717) is 10.8 Å². The smallest absolute Gasteiger partial charge is 0.307 e. The Morgan fingerprint density at radius 1 is 1.31 bits per heavy atom. The van der Waals surface area contributed by atoms with Crippen LogP contribution in [0.3, 0.4) is 0 Å². The SMILES string of the molecule is CC(=O)N(c1nc(/C=N\NC(=O)c2ccco2)cs1)c1ccccc1F. The van der Waals surface area contributed by atoms with Gasteiger partial charge in [0.05, 0.1) is 23.9 Å². The van der Waals surface area contributed by atoms with Crippen molar-refractivity contribution in [3.63, 3.8) is 0 Å². The summed E-state index contributed by atoms with van der Waals surface area (Å²) in [5, 5.41) is 5.71. The van der Waals surface area contributed by atoms with Gasteiger partial charge in [0.25, 0.3) is 0 Å². The molecule has 0 bridgehead atoms. The summed E-state index contributed by atoms with van der Waals surface area (Å²) in [6.07, 6.45) is 2.70. The number of rotatable bonds is 5. The molecule has 7 nitrogen and oxygen atoms in total. The van der Waals surface area contributed by atoms with E-state index in [0.717, 1.165) is 11.3 Å². The van der Waals surface area contributed by atoms with Gasteiger partial charge in [-0.15, -0.1) is 11.3 Å². The molecule has 3 rings (SSSR count). The van der Waals surface area contributed by atoms with Crippen LogP contribution < -0.4 is 10.3 Å². The summed E-state index contributed by atoms with van der Waals surface area (Å²) in [4.78, 5) is 29.1. The lowest BCUT2D eigenvalue weighted by Gasteiger charge is -2.18. The number of carbonyl (C=O) groups is 2. The van der Waals surface area contributed by atoms with E-state index < -0.39 is 11.7 Å². The number of hydrazone groups is 1. The van der Waals surface area contributed by atoms with Gasteiger partial charge in [0.1, 0.15) is 5.82 Å². The average Bonchev–Trinajstić information content (AvgIpc) is 3.29. The molecule has 0 atom stereocenters. The van der Waals surface area contributed by atoms with Crippen LogP contribution >= 0.6 is 11.3 Å². The summed E-state index contributed by atoms with van der Waals surface area (Å²) >= 11 is 1.15. The van der Waals surface area contributed by atoms with Crippen molar-refractivity contribution in [1.82, 2.24) is 10.4 Å². The normalized spacial score (nSPS) is 10.8. The molecule has 0 aliphatic heterocycles. The zero-order chi connectivity index (χ0) is 18.5. The third-order valence-electron chi connectivity index (χ3n) is 3.22. The molecule has 0 saturated carbocycles. The van der Waals surface area contributed by atoms with Gasteiger partial charge in [-0.3, -0.25) is 14.5 Å². The van der Waals surface area contributed by atoms with E-state index in [1.54, 1.807) is 23.6 Å². The summed E-state index contributed by atoms with van der Waals surface area (Å²) in [5.74, 6) is -1.28. The molecule has 0 fully saturated rings. The second-order valence-corrected chi connectivity index (χ2v) is 5.87. The van der Waals surface area contributed by atoms with Crippen LogP contribution in [0, 0.1) is 5.82 Å². The van der Waals surface area contributed by atoms with Crippen LogP contribution in [0.25, 0.3) is 0 Å². The minimum absolute atomic E-state index is 0.115. The molecule has 2 aromatic heterocycles. The van der Waals surface area contributed by atoms with Crippen LogP contribution in [-0.4, -0.2) is 23.0 Å². The highest BCUT2D eigenvalue weighted by Gasteiger charge is 2.20. The highest BCUT2D eigenvalue weighted by atomic mass is 32.1. The second kappa shape index (κ2) is 7.70. The van der Waals surface area contributed by atoms with Crippen molar-refractivity contribution in [2.75, 3.05) is 4.90 Å². The largest absolute Gasteiger partial charge is 0.459 e. The van der Waals surface area contributed by atoms with Crippen molar-refractivity contribution in [3.8, 4) is 0 Å². The van der Waals surface area contributed by atoms with E-state index in [-0.39, 0.29) is 17.4 Å². The van der Waals surface area contributed by atoms with Crippen molar-refractivity contribution < 1.29 is 18.4 Å². The lowest BCUT2D eigenvalue weighted by molar-refractivity contribution is -0.115. The Bertz CT molecular complexity index is 953. The van der Waals surface area contributed by atoms with Crippen molar-refractivity contribution in [2.24, 2.45) is 5.10 Å². The fraction of sp³-hybridized carbons (Fsp3) is 0.0588. The minimum atomic E-state index is -0.529. The van der Waals surface area contributed by atoms with Gasteiger partial charge in [-0.2, -0.15) is 5.10 Å². The highest BCUT2D eigenvalue weighted by Crippen LogP contribution is 2.30. The lowest BCUT2D eigenvalue weighted by Crippen LogP contribution is -2.23. The molecule has 0 aliphatic rings. The number of anilines is 2. The van der Waals surface area contributed by atoms with Gasteiger partial charge in [0, 0.05) is 12.3 Å². The molecule has 26 heavy (non-hydrogen) atoms. The van der Waals surface area contributed by atoms with E-state index in [9.17, 15) is 14.0 Å². The van der Waals surface area contributed by atoms with Crippen molar-refractivity contribution in [2.45, 2.75) is 6.92 Å². The Balaban J connectivity index is 1.75. The summed E-state index contributed by atoms with van der Waals surface area (Å²) in [6, 6.07) is 9.03. The summed E-state index contributed by atoms with van der Waals surface area (Å²) in [7, 11) is 0. The monoisotopic (exact) mass is 372 g/mol. The van der Waals surface area contributed by atoms with Crippen LogP contribution in [0.5, 0.6) is 0 Å². The number of amides is 2. The number of hydrogen-bond acceptors (Lipinski definition) is 6. The maximum atomic E-state index is 14.0. The Morgan fingerprint density at radius 2 is 2.12 bits per heavy atom. The molecule has 1 N–H and O–H groups in total. The Labute approximate surface area is 151 Å². The van der Waals surface area contributed by atoms with E-state index in [4.69, 9.17) is 4.42 Å². The number of aromatic nitrogens is 1. The fourth-order valence-corrected chi connectivity index (χ4v) is 2.93. The van der Waals surface area contributed by atoms with Crippen LogP contribution in [0.2, 0.25) is 0 Å². The zero-order valence-electron chi connectivity index (χ0n) is 13.5. The van der Waals surface area contributed by atoms with Gasteiger partial charge in [-0.1, -0.05) is 12.1 Å². The quantitative estimate of drug-likeness (QED) is 0.550. The molecular weight excluding hydrogens is 359 g/mol. The van der Waals surface area contributed by atoms with Crippen molar-refractivity contribution in [1.29, 1.82) is 0 Å².